The van der Waals surface area contributed by atoms with Crippen LogP contribution >= 0.6 is 11.8 Å². The van der Waals surface area contributed by atoms with E-state index in [0.717, 1.165) is 22.4 Å². The average molecular weight is 420 g/mol. The summed E-state index contributed by atoms with van der Waals surface area (Å²) in [6.45, 7) is 14.9. The molecule has 1 aliphatic heterocycles. The van der Waals surface area contributed by atoms with Crippen molar-refractivity contribution in [3.8, 4) is 5.75 Å². The fraction of sp³-hybridized carbons (Fsp3) is 0.565. The zero-order valence-electron chi connectivity index (χ0n) is 18.6. The third kappa shape index (κ3) is 5.78. The van der Waals surface area contributed by atoms with Crippen molar-refractivity contribution in [2.45, 2.75) is 59.3 Å². The highest BCUT2D eigenvalue weighted by Gasteiger charge is 2.28. The topological polar surface area (TPSA) is 66.8 Å². The summed E-state index contributed by atoms with van der Waals surface area (Å²) in [5.41, 5.74) is 2.12. The second-order valence-electron chi connectivity index (χ2n) is 9.35. The Hall–Kier alpha value is -1.95. The van der Waals surface area contributed by atoms with Gasteiger partial charge in [0.15, 0.2) is 0 Å². The van der Waals surface area contributed by atoms with Crippen LogP contribution in [0.2, 0.25) is 0 Å². The zero-order valence-corrected chi connectivity index (χ0v) is 19.4. The van der Waals surface area contributed by atoms with E-state index in [-0.39, 0.29) is 29.3 Å². The summed E-state index contributed by atoms with van der Waals surface area (Å²) in [6, 6.07) is 3.91. The second kappa shape index (κ2) is 8.82. The van der Waals surface area contributed by atoms with Crippen molar-refractivity contribution in [3.05, 3.63) is 33.7 Å². The SMILES string of the molecule is CCOC(=O)CN1CCSC(=Cc2cc(C(C)(C)C)c(O)c(C(C)(C)C)c2)C1=O. The Labute approximate surface area is 178 Å². The van der Waals surface area contributed by atoms with Crippen molar-refractivity contribution >= 4 is 29.7 Å². The summed E-state index contributed by atoms with van der Waals surface area (Å²) in [6.07, 6.45) is 1.87. The summed E-state index contributed by atoms with van der Waals surface area (Å²) in [5, 5.41) is 10.9. The minimum Gasteiger partial charge on any atom is -0.507 e. The smallest absolute Gasteiger partial charge is 0.325 e. The maximum absolute atomic E-state index is 12.9. The molecule has 160 valence electrons. The van der Waals surface area contributed by atoms with Crippen LogP contribution in [0.4, 0.5) is 0 Å². The number of ether oxygens (including phenoxy) is 1. The highest BCUT2D eigenvalue weighted by atomic mass is 32.2. The number of rotatable bonds is 4. The van der Waals surface area contributed by atoms with Gasteiger partial charge >= 0.3 is 5.97 Å². The van der Waals surface area contributed by atoms with Gasteiger partial charge in [-0.15, -0.1) is 11.8 Å². The van der Waals surface area contributed by atoms with E-state index in [9.17, 15) is 14.7 Å². The number of carbonyl (C=O) groups is 2. The summed E-state index contributed by atoms with van der Waals surface area (Å²) < 4.78 is 4.98. The Balaban J connectivity index is 2.44. The fourth-order valence-corrected chi connectivity index (χ4v) is 4.24. The molecule has 1 heterocycles. The molecule has 0 atom stereocenters. The lowest BCUT2D eigenvalue weighted by Crippen LogP contribution is -2.41. The van der Waals surface area contributed by atoms with Gasteiger partial charge in [0, 0.05) is 23.4 Å². The first kappa shape index (κ1) is 23.3. The van der Waals surface area contributed by atoms with Crippen molar-refractivity contribution in [2.24, 2.45) is 0 Å². The normalized spacial score (nSPS) is 17.0. The van der Waals surface area contributed by atoms with E-state index in [0.29, 0.717) is 23.8 Å². The monoisotopic (exact) mass is 419 g/mol. The van der Waals surface area contributed by atoms with E-state index in [4.69, 9.17) is 4.74 Å². The molecule has 6 heteroatoms. The third-order valence-electron chi connectivity index (χ3n) is 4.79. The molecular formula is C23H33NO4S. The molecule has 1 amide bonds. The van der Waals surface area contributed by atoms with Crippen LogP contribution in [0.15, 0.2) is 17.0 Å². The minimum atomic E-state index is -0.387. The molecular weight excluding hydrogens is 386 g/mol. The number of benzene rings is 1. The molecule has 0 aromatic heterocycles. The molecule has 2 rings (SSSR count). The van der Waals surface area contributed by atoms with Crippen molar-refractivity contribution < 1.29 is 19.4 Å². The number of hydrogen-bond donors (Lipinski definition) is 1. The van der Waals surface area contributed by atoms with Crippen LogP contribution < -0.4 is 0 Å². The fourth-order valence-electron chi connectivity index (χ4n) is 3.24. The number of esters is 1. The molecule has 0 unspecified atom stereocenters. The maximum Gasteiger partial charge on any atom is 0.325 e. The van der Waals surface area contributed by atoms with Crippen LogP contribution in [-0.2, 0) is 25.2 Å². The predicted molar refractivity (Wildman–Crippen MR) is 119 cm³/mol. The number of phenols is 1. The van der Waals surface area contributed by atoms with Crippen LogP contribution in [0.5, 0.6) is 5.75 Å². The van der Waals surface area contributed by atoms with Crippen LogP contribution in [0.1, 0.15) is 65.2 Å². The van der Waals surface area contributed by atoms with Gasteiger partial charge in [-0.3, -0.25) is 9.59 Å². The van der Waals surface area contributed by atoms with Crippen molar-refractivity contribution in [2.75, 3.05) is 25.4 Å². The van der Waals surface area contributed by atoms with E-state index in [1.54, 1.807) is 6.92 Å². The Morgan fingerprint density at radius 1 is 1.17 bits per heavy atom. The lowest BCUT2D eigenvalue weighted by molar-refractivity contribution is -0.147. The molecule has 5 nitrogen and oxygen atoms in total. The van der Waals surface area contributed by atoms with Gasteiger partial charge in [0.2, 0.25) is 0 Å². The molecule has 0 aliphatic carbocycles. The summed E-state index contributed by atoms with van der Waals surface area (Å²) >= 11 is 1.50. The van der Waals surface area contributed by atoms with Gasteiger partial charge in [-0.25, -0.2) is 0 Å². The van der Waals surface area contributed by atoms with Gasteiger partial charge in [0.1, 0.15) is 12.3 Å². The van der Waals surface area contributed by atoms with E-state index in [2.05, 4.69) is 41.5 Å². The molecule has 0 bridgehead atoms. The Morgan fingerprint density at radius 2 is 1.72 bits per heavy atom. The molecule has 1 aromatic rings. The minimum absolute atomic E-state index is 0.0271. The molecule has 1 aromatic carbocycles. The van der Waals surface area contributed by atoms with Crippen molar-refractivity contribution in [3.63, 3.8) is 0 Å². The zero-order chi connectivity index (χ0) is 22.0. The van der Waals surface area contributed by atoms with Gasteiger partial charge in [-0.1, -0.05) is 41.5 Å². The number of hydrogen-bond acceptors (Lipinski definition) is 5. The van der Waals surface area contributed by atoms with Crippen LogP contribution in [0.3, 0.4) is 0 Å². The Morgan fingerprint density at radius 3 is 2.21 bits per heavy atom. The number of nitrogens with zero attached hydrogens (tertiary/aromatic N) is 1. The number of aromatic hydroxyl groups is 1. The van der Waals surface area contributed by atoms with Crippen molar-refractivity contribution in [1.82, 2.24) is 4.90 Å². The first-order chi connectivity index (χ1) is 13.3. The lowest BCUT2D eigenvalue weighted by atomic mass is 9.78. The number of carbonyl (C=O) groups excluding carboxylic acids is 2. The molecule has 0 radical (unpaired) electrons. The molecule has 1 N–H and O–H groups in total. The standard InChI is InChI=1S/C23H33NO4S/c1-8-28-19(25)14-24-9-10-29-18(21(24)27)13-15-11-16(22(2,3)4)20(26)17(12-15)23(5,6)7/h11-13,26H,8-10,14H2,1-7H3. The lowest BCUT2D eigenvalue weighted by Gasteiger charge is -2.29. The number of amides is 1. The van der Waals surface area contributed by atoms with Crippen LogP contribution in [-0.4, -0.2) is 47.3 Å². The molecule has 1 aliphatic rings. The Bertz CT molecular complexity index is 780. The predicted octanol–water partition coefficient (Wildman–Crippen LogP) is 4.47. The van der Waals surface area contributed by atoms with E-state index < -0.39 is 0 Å². The largest absolute Gasteiger partial charge is 0.507 e. The van der Waals surface area contributed by atoms with Gasteiger partial charge in [-0.05, 0) is 41.5 Å². The van der Waals surface area contributed by atoms with Gasteiger partial charge in [-0.2, -0.15) is 0 Å². The first-order valence-corrected chi connectivity index (χ1v) is 11.0. The van der Waals surface area contributed by atoms with E-state index in [1.165, 1.54) is 16.7 Å². The molecule has 1 saturated heterocycles. The summed E-state index contributed by atoms with van der Waals surface area (Å²) in [7, 11) is 0. The summed E-state index contributed by atoms with van der Waals surface area (Å²) in [5.74, 6) is 0.505. The van der Waals surface area contributed by atoms with Gasteiger partial charge in [0.25, 0.3) is 5.91 Å². The first-order valence-electron chi connectivity index (χ1n) is 10.0. The van der Waals surface area contributed by atoms with Gasteiger partial charge in [0.05, 0.1) is 11.5 Å². The molecule has 0 saturated carbocycles. The van der Waals surface area contributed by atoms with Crippen LogP contribution in [0, 0.1) is 0 Å². The second-order valence-corrected chi connectivity index (χ2v) is 10.5. The van der Waals surface area contributed by atoms with Crippen LogP contribution in [0.25, 0.3) is 6.08 Å². The van der Waals surface area contributed by atoms with Crippen molar-refractivity contribution in [1.29, 1.82) is 0 Å². The highest BCUT2D eigenvalue weighted by molar-refractivity contribution is 8.04. The molecule has 1 fully saturated rings. The highest BCUT2D eigenvalue weighted by Crippen LogP contribution is 2.40. The average Bonchev–Trinajstić information content (AvgIpc) is 2.58. The Kier molecular flexibility index (Phi) is 7.10. The maximum atomic E-state index is 12.9. The van der Waals surface area contributed by atoms with E-state index >= 15 is 0 Å². The summed E-state index contributed by atoms with van der Waals surface area (Å²) in [4.78, 5) is 26.8. The quantitative estimate of drug-likeness (QED) is 0.576. The van der Waals surface area contributed by atoms with E-state index in [1.807, 2.05) is 18.2 Å². The van der Waals surface area contributed by atoms with Gasteiger partial charge < -0.3 is 14.7 Å². The number of phenolic OH excluding ortho intramolecular Hbond substituents is 1. The third-order valence-corrected chi connectivity index (χ3v) is 5.78. The molecule has 0 spiro atoms. The molecule has 29 heavy (non-hydrogen) atoms. The number of thioether (sulfide) groups is 1.